The lowest BCUT2D eigenvalue weighted by atomic mass is 10.1. The molecule has 16 heavy (non-hydrogen) atoms. The van der Waals surface area contributed by atoms with E-state index in [1.807, 2.05) is 19.2 Å². The molecule has 0 saturated heterocycles. The highest BCUT2D eigenvalue weighted by molar-refractivity contribution is 6.34. The Balaban J connectivity index is 2.50. The van der Waals surface area contributed by atoms with Gasteiger partial charge in [0.2, 0.25) is 0 Å². The molecule has 0 aliphatic rings. The van der Waals surface area contributed by atoms with E-state index in [1.54, 1.807) is 23.0 Å². The standard InChI is InChI=1S/C12H11ClN2O/c1-8(16)10-4-3-9(7-11(10)13)12-5-6-14-15(12)2/h3-7H,1-2H3. The van der Waals surface area contributed by atoms with Gasteiger partial charge >= 0.3 is 0 Å². The summed E-state index contributed by atoms with van der Waals surface area (Å²) in [5.74, 6) is -0.0263. The molecule has 3 nitrogen and oxygen atoms in total. The number of carbonyl (C=O) groups excluding carboxylic acids is 1. The van der Waals surface area contributed by atoms with Gasteiger partial charge in [0.1, 0.15) is 0 Å². The van der Waals surface area contributed by atoms with Crippen molar-refractivity contribution in [3.8, 4) is 11.3 Å². The van der Waals surface area contributed by atoms with Gasteiger partial charge in [-0.1, -0.05) is 17.7 Å². The fraction of sp³-hybridized carbons (Fsp3) is 0.167. The number of halogens is 1. The van der Waals surface area contributed by atoms with E-state index in [4.69, 9.17) is 11.6 Å². The summed E-state index contributed by atoms with van der Waals surface area (Å²) in [6, 6.07) is 7.31. The predicted octanol–water partition coefficient (Wildman–Crippen LogP) is 2.94. The third-order valence-electron chi connectivity index (χ3n) is 2.47. The Morgan fingerprint density at radius 3 is 2.62 bits per heavy atom. The highest BCUT2D eigenvalue weighted by Gasteiger charge is 2.08. The van der Waals surface area contributed by atoms with Crippen molar-refractivity contribution in [2.75, 3.05) is 0 Å². The minimum atomic E-state index is -0.0263. The van der Waals surface area contributed by atoms with Crippen LogP contribution in [0.1, 0.15) is 17.3 Å². The van der Waals surface area contributed by atoms with Crippen LogP contribution in [-0.2, 0) is 7.05 Å². The summed E-state index contributed by atoms with van der Waals surface area (Å²) in [5, 5.41) is 4.56. The van der Waals surface area contributed by atoms with Gasteiger partial charge in [0.25, 0.3) is 0 Å². The first kappa shape index (κ1) is 10.9. The molecule has 0 radical (unpaired) electrons. The van der Waals surface area contributed by atoms with E-state index in [0.29, 0.717) is 10.6 Å². The molecule has 0 N–H and O–H groups in total. The average molecular weight is 235 g/mol. The van der Waals surface area contributed by atoms with E-state index < -0.39 is 0 Å². The molecular formula is C12H11ClN2O. The number of nitrogens with zero attached hydrogens (tertiary/aromatic N) is 2. The molecule has 0 fully saturated rings. The van der Waals surface area contributed by atoms with E-state index in [0.717, 1.165) is 11.3 Å². The lowest BCUT2D eigenvalue weighted by Crippen LogP contribution is -1.96. The lowest BCUT2D eigenvalue weighted by molar-refractivity contribution is 0.101. The second-order valence-electron chi connectivity index (χ2n) is 3.59. The van der Waals surface area contributed by atoms with Gasteiger partial charge < -0.3 is 0 Å². The summed E-state index contributed by atoms with van der Waals surface area (Å²) in [6.45, 7) is 1.50. The van der Waals surface area contributed by atoms with Gasteiger partial charge in [-0.2, -0.15) is 5.10 Å². The van der Waals surface area contributed by atoms with E-state index in [-0.39, 0.29) is 5.78 Å². The van der Waals surface area contributed by atoms with E-state index in [1.165, 1.54) is 6.92 Å². The van der Waals surface area contributed by atoms with Gasteiger partial charge in [0, 0.05) is 24.4 Å². The molecule has 0 spiro atoms. The van der Waals surface area contributed by atoms with Crippen molar-refractivity contribution in [3.63, 3.8) is 0 Å². The SMILES string of the molecule is CC(=O)c1ccc(-c2ccnn2C)cc1Cl. The summed E-state index contributed by atoms with van der Waals surface area (Å²) >= 11 is 6.04. The van der Waals surface area contributed by atoms with E-state index in [2.05, 4.69) is 5.10 Å². The van der Waals surface area contributed by atoms with Crippen LogP contribution in [0.4, 0.5) is 0 Å². The number of rotatable bonds is 2. The van der Waals surface area contributed by atoms with Crippen molar-refractivity contribution >= 4 is 17.4 Å². The molecule has 0 unspecified atom stereocenters. The summed E-state index contributed by atoms with van der Waals surface area (Å²) in [7, 11) is 1.86. The van der Waals surface area contributed by atoms with Crippen LogP contribution in [0.2, 0.25) is 5.02 Å². The lowest BCUT2D eigenvalue weighted by Gasteiger charge is -2.05. The maximum absolute atomic E-state index is 11.2. The fourth-order valence-corrected chi connectivity index (χ4v) is 1.93. The second-order valence-corrected chi connectivity index (χ2v) is 4.00. The van der Waals surface area contributed by atoms with Crippen LogP contribution in [-0.4, -0.2) is 15.6 Å². The van der Waals surface area contributed by atoms with E-state index in [9.17, 15) is 4.79 Å². The van der Waals surface area contributed by atoms with Crippen molar-refractivity contribution in [3.05, 3.63) is 41.0 Å². The number of benzene rings is 1. The Hall–Kier alpha value is -1.61. The Kier molecular flexibility index (Phi) is 2.79. The van der Waals surface area contributed by atoms with Gasteiger partial charge in [0.15, 0.2) is 5.78 Å². The maximum atomic E-state index is 11.2. The zero-order valence-electron chi connectivity index (χ0n) is 9.07. The second kappa shape index (κ2) is 4.10. The first-order chi connectivity index (χ1) is 7.59. The minimum Gasteiger partial charge on any atom is -0.294 e. The molecule has 82 valence electrons. The van der Waals surface area contributed by atoms with Crippen molar-refractivity contribution in [1.29, 1.82) is 0 Å². The number of hydrogen-bond acceptors (Lipinski definition) is 2. The quantitative estimate of drug-likeness (QED) is 0.749. The normalized spacial score (nSPS) is 10.4. The molecule has 0 saturated carbocycles. The summed E-state index contributed by atoms with van der Waals surface area (Å²) in [6.07, 6.45) is 1.72. The molecule has 0 atom stereocenters. The summed E-state index contributed by atoms with van der Waals surface area (Å²) in [5.41, 5.74) is 2.47. The largest absolute Gasteiger partial charge is 0.294 e. The fourth-order valence-electron chi connectivity index (χ4n) is 1.62. The van der Waals surface area contributed by atoms with Crippen LogP contribution in [0.15, 0.2) is 30.5 Å². The van der Waals surface area contributed by atoms with Gasteiger partial charge in [-0.3, -0.25) is 9.48 Å². The molecule has 2 aromatic rings. The Morgan fingerprint density at radius 2 is 2.12 bits per heavy atom. The number of Topliss-reactive ketones (excluding diaryl/α,β-unsaturated/α-hetero) is 1. The Morgan fingerprint density at radius 1 is 1.38 bits per heavy atom. The van der Waals surface area contributed by atoms with Crippen molar-refractivity contribution in [1.82, 2.24) is 9.78 Å². The number of hydrogen-bond donors (Lipinski definition) is 0. The summed E-state index contributed by atoms with van der Waals surface area (Å²) < 4.78 is 1.76. The van der Waals surface area contributed by atoms with Crippen molar-refractivity contribution in [2.45, 2.75) is 6.92 Å². The third kappa shape index (κ3) is 1.86. The van der Waals surface area contributed by atoms with E-state index >= 15 is 0 Å². The smallest absolute Gasteiger partial charge is 0.161 e. The highest BCUT2D eigenvalue weighted by atomic mass is 35.5. The molecule has 0 aliphatic heterocycles. The molecule has 2 rings (SSSR count). The minimum absolute atomic E-state index is 0.0263. The molecule has 1 heterocycles. The van der Waals surface area contributed by atoms with Gasteiger partial charge in [0.05, 0.1) is 10.7 Å². The Labute approximate surface area is 98.7 Å². The van der Waals surface area contributed by atoms with Gasteiger partial charge in [-0.15, -0.1) is 0 Å². The van der Waals surface area contributed by atoms with Crippen molar-refractivity contribution in [2.24, 2.45) is 7.05 Å². The molecule has 1 aromatic heterocycles. The van der Waals surface area contributed by atoms with Crippen LogP contribution >= 0.6 is 11.6 Å². The monoisotopic (exact) mass is 234 g/mol. The van der Waals surface area contributed by atoms with Crippen molar-refractivity contribution < 1.29 is 4.79 Å². The van der Waals surface area contributed by atoms with Crippen LogP contribution in [0.5, 0.6) is 0 Å². The van der Waals surface area contributed by atoms with Crippen LogP contribution in [0, 0.1) is 0 Å². The van der Waals surface area contributed by atoms with Gasteiger partial charge in [-0.05, 0) is 25.1 Å². The zero-order valence-corrected chi connectivity index (χ0v) is 9.82. The number of aryl methyl sites for hydroxylation is 1. The number of ketones is 1. The molecule has 4 heteroatoms. The van der Waals surface area contributed by atoms with Crippen LogP contribution < -0.4 is 0 Å². The molecular weight excluding hydrogens is 224 g/mol. The first-order valence-corrected chi connectivity index (χ1v) is 5.26. The Bertz CT molecular complexity index is 546. The molecule has 0 aliphatic carbocycles. The summed E-state index contributed by atoms with van der Waals surface area (Å²) in [4.78, 5) is 11.2. The van der Waals surface area contributed by atoms with Crippen LogP contribution in [0.25, 0.3) is 11.3 Å². The zero-order chi connectivity index (χ0) is 11.7. The van der Waals surface area contributed by atoms with Gasteiger partial charge in [-0.25, -0.2) is 0 Å². The molecule has 1 aromatic carbocycles. The maximum Gasteiger partial charge on any atom is 0.161 e. The molecule has 0 amide bonds. The number of aromatic nitrogens is 2. The predicted molar refractivity (Wildman–Crippen MR) is 63.7 cm³/mol. The third-order valence-corrected chi connectivity index (χ3v) is 2.78. The highest BCUT2D eigenvalue weighted by Crippen LogP contribution is 2.25. The van der Waals surface area contributed by atoms with Crippen LogP contribution in [0.3, 0.4) is 0 Å². The first-order valence-electron chi connectivity index (χ1n) is 4.88. The average Bonchev–Trinajstić information content (AvgIpc) is 2.63. The molecule has 0 bridgehead atoms. The number of carbonyl (C=O) groups is 1. The topological polar surface area (TPSA) is 34.9 Å².